The quantitative estimate of drug-likeness (QED) is 0.811. The fourth-order valence-electron chi connectivity index (χ4n) is 2.78. The van der Waals surface area contributed by atoms with Crippen LogP contribution in [0.1, 0.15) is 19.3 Å². The number of hydrogen-bond acceptors (Lipinski definition) is 5. The van der Waals surface area contributed by atoms with Crippen LogP contribution in [0.3, 0.4) is 0 Å². The van der Waals surface area contributed by atoms with Gasteiger partial charge in [-0.1, -0.05) is 0 Å². The van der Waals surface area contributed by atoms with Gasteiger partial charge in [0.2, 0.25) is 0 Å². The average molecular weight is 375 g/mol. The molecule has 1 aliphatic rings. The van der Waals surface area contributed by atoms with E-state index in [1.54, 1.807) is 55.6 Å². The van der Waals surface area contributed by atoms with E-state index in [2.05, 4.69) is 0 Å². The monoisotopic (exact) mass is 375 g/mol. The molecule has 7 heteroatoms. The van der Waals surface area contributed by atoms with Crippen LogP contribution in [-0.2, 0) is 15.6 Å². The van der Waals surface area contributed by atoms with Crippen LogP contribution < -0.4 is 9.47 Å². The third kappa shape index (κ3) is 4.23. The summed E-state index contributed by atoms with van der Waals surface area (Å²) in [4.78, 5) is 12.7. The van der Waals surface area contributed by atoms with Gasteiger partial charge in [0, 0.05) is 11.4 Å². The molecular formula is C19H21NO5S. The summed E-state index contributed by atoms with van der Waals surface area (Å²) in [6, 6.07) is 14.0. The van der Waals surface area contributed by atoms with Gasteiger partial charge in [-0.05, 0) is 67.8 Å². The van der Waals surface area contributed by atoms with Gasteiger partial charge in [0.25, 0.3) is 5.91 Å². The third-order valence-corrected chi connectivity index (χ3v) is 5.92. The van der Waals surface area contributed by atoms with E-state index in [0.29, 0.717) is 40.8 Å². The topological polar surface area (TPSA) is 76.1 Å². The summed E-state index contributed by atoms with van der Waals surface area (Å²) in [5.74, 6) is 1.54. The highest BCUT2D eigenvalue weighted by Gasteiger charge is 2.31. The number of ether oxygens (including phenoxy) is 2. The highest BCUT2D eigenvalue weighted by atomic mass is 32.2. The van der Waals surface area contributed by atoms with Gasteiger partial charge in [0.1, 0.15) is 22.5 Å². The highest BCUT2D eigenvalue weighted by Crippen LogP contribution is 2.26. The molecule has 2 aromatic rings. The predicted molar refractivity (Wildman–Crippen MR) is 97.1 cm³/mol. The Kier molecular flexibility index (Phi) is 5.90. The molecule has 2 aromatic carbocycles. The molecule has 0 saturated carbocycles. The van der Waals surface area contributed by atoms with Crippen molar-refractivity contribution in [3.8, 4) is 17.2 Å². The van der Waals surface area contributed by atoms with Crippen LogP contribution in [0.5, 0.6) is 17.2 Å². The maximum absolute atomic E-state index is 12.7. The van der Waals surface area contributed by atoms with Crippen molar-refractivity contribution >= 4 is 16.7 Å². The van der Waals surface area contributed by atoms with Gasteiger partial charge in [0.15, 0.2) is 0 Å². The van der Waals surface area contributed by atoms with E-state index >= 15 is 0 Å². The lowest BCUT2D eigenvalue weighted by Gasteiger charge is -2.17. The van der Waals surface area contributed by atoms with E-state index in [0.717, 1.165) is 12.2 Å². The Morgan fingerprint density at radius 1 is 1.00 bits per heavy atom. The molecule has 2 unspecified atom stereocenters. The lowest BCUT2D eigenvalue weighted by atomic mass is 10.2. The van der Waals surface area contributed by atoms with Crippen molar-refractivity contribution in [3.05, 3.63) is 48.5 Å². The molecule has 26 heavy (non-hydrogen) atoms. The molecule has 1 saturated heterocycles. The largest absolute Gasteiger partial charge is 0.497 e. The molecule has 1 aliphatic heterocycles. The molecule has 0 radical (unpaired) electrons. The van der Waals surface area contributed by atoms with Crippen LogP contribution in [0.2, 0.25) is 0 Å². The number of benzene rings is 2. The lowest BCUT2D eigenvalue weighted by molar-refractivity contribution is -0.163. The summed E-state index contributed by atoms with van der Waals surface area (Å²) in [7, 11) is 0.0868. The SMILES string of the molecule is COc1ccc(Oc2ccc(S(=O)C3CCCCN(O)C3=O)cc2)cc1. The van der Waals surface area contributed by atoms with Crippen molar-refractivity contribution in [2.75, 3.05) is 13.7 Å². The Morgan fingerprint density at radius 3 is 2.19 bits per heavy atom. The second-order valence-electron chi connectivity index (χ2n) is 5.99. The van der Waals surface area contributed by atoms with Gasteiger partial charge in [-0.15, -0.1) is 0 Å². The number of hydroxylamine groups is 2. The summed E-state index contributed by atoms with van der Waals surface area (Å²) in [5, 5.41) is 9.67. The molecule has 0 aliphatic carbocycles. The average Bonchev–Trinajstić information content (AvgIpc) is 2.84. The molecule has 1 amide bonds. The van der Waals surface area contributed by atoms with Crippen LogP contribution in [-0.4, -0.2) is 39.3 Å². The van der Waals surface area contributed by atoms with Gasteiger partial charge < -0.3 is 9.47 Å². The second-order valence-corrected chi connectivity index (χ2v) is 7.63. The van der Waals surface area contributed by atoms with Crippen LogP contribution in [0.15, 0.2) is 53.4 Å². The van der Waals surface area contributed by atoms with Gasteiger partial charge >= 0.3 is 0 Å². The molecule has 0 aromatic heterocycles. The summed E-state index contributed by atoms with van der Waals surface area (Å²) in [6.07, 6.45) is 1.98. The Bertz CT molecular complexity index is 776. The number of methoxy groups -OCH3 is 1. The first-order valence-electron chi connectivity index (χ1n) is 8.41. The maximum Gasteiger partial charge on any atom is 0.262 e. The van der Waals surface area contributed by atoms with Crippen molar-refractivity contribution in [2.24, 2.45) is 0 Å². The van der Waals surface area contributed by atoms with Crippen molar-refractivity contribution in [1.29, 1.82) is 0 Å². The predicted octanol–water partition coefficient (Wildman–Crippen LogP) is 3.37. The number of hydrogen-bond donors (Lipinski definition) is 1. The standard InChI is InChI=1S/C19H21NO5S/c1-24-14-5-7-15(8-6-14)25-16-9-11-17(12-10-16)26(23)18-4-2-3-13-20(22)19(18)21/h5-12,18,22H,2-4,13H2,1H3. The molecular weight excluding hydrogens is 354 g/mol. The molecule has 1 N–H and O–H groups in total. The number of nitrogens with zero attached hydrogens (tertiary/aromatic N) is 1. The molecule has 6 nitrogen and oxygen atoms in total. The summed E-state index contributed by atoms with van der Waals surface area (Å²) in [5.41, 5.74) is 0. The molecule has 1 fully saturated rings. The minimum Gasteiger partial charge on any atom is -0.497 e. The zero-order valence-electron chi connectivity index (χ0n) is 14.5. The summed E-state index contributed by atoms with van der Waals surface area (Å²) in [6.45, 7) is 0.293. The maximum atomic E-state index is 12.7. The number of carbonyl (C=O) groups excluding carboxylic acids is 1. The Morgan fingerprint density at radius 2 is 1.58 bits per heavy atom. The van der Waals surface area contributed by atoms with Gasteiger partial charge in [-0.2, -0.15) is 0 Å². The van der Waals surface area contributed by atoms with E-state index in [1.807, 2.05) is 0 Å². The molecule has 3 rings (SSSR count). The second kappa shape index (κ2) is 8.33. The lowest BCUT2D eigenvalue weighted by Crippen LogP contribution is -2.37. The molecule has 0 spiro atoms. The smallest absolute Gasteiger partial charge is 0.262 e. The van der Waals surface area contributed by atoms with Crippen molar-refractivity contribution in [2.45, 2.75) is 29.4 Å². The van der Waals surface area contributed by atoms with E-state index in [9.17, 15) is 14.2 Å². The first-order chi connectivity index (χ1) is 12.6. The molecule has 138 valence electrons. The first-order valence-corrected chi connectivity index (χ1v) is 9.62. The summed E-state index contributed by atoms with van der Waals surface area (Å²) >= 11 is 0. The van der Waals surface area contributed by atoms with Crippen LogP contribution in [0.25, 0.3) is 0 Å². The highest BCUT2D eigenvalue weighted by molar-refractivity contribution is 7.86. The normalized spacial score (nSPS) is 18.9. The van der Waals surface area contributed by atoms with E-state index in [4.69, 9.17) is 9.47 Å². The fraction of sp³-hybridized carbons (Fsp3) is 0.316. The van der Waals surface area contributed by atoms with E-state index in [1.165, 1.54) is 0 Å². The van der Waals surface area contributed by atoms with Gasteiger partial charge in [-0.3, -0.25) is 14.2 Å². The minimum absolute atomic E-state index is 0.293. The first kappa shape index (κ1) is 18.4. The summed E-state index contributed by atoms with van der Waals surface area (Å²) < 4.78 is 23.6. The minimum atomic E-state index is -1.51. The van der Waals surface area contributed by atoms with Crippen LogP contribution in [0, 0.1) is 0 Å². The van der Waals surface area contributed by atoms with Crippen molar-refractivity contribution < 1.29 is 23.7 Å². The molecule has 0 bridgehead atoms. The molecule has 1 heterocycles. The van der Waals surface area contributed by atoms with E-state index < -0.39 is 22.0 Å². The number of amides is 1. The number of rotatable bonds is 5. The molecule has 2 atom stereocenters. The third-order valence-electron chi connectivity index (χ3n) is 4.23. The van der Waals surface area contributed by atoms with E-state index in [-0.39, 0.29) is 0 Å². The number of carbonyl (C=O) groups is 1. The Labute approximate surface area is 154 Å². The van der Waals surface area contributed by atoms with Gasteiger partial charge in [0.05, 0.1) is 17.9 Å². The van der Waals surface area contributed by atoms with Crippen LogP contribution in [0.4, 0.5) is 0 Å². The van der Waals surface area contributed by atoms with Crippen molar-refractivity contribution in [1.82, 2.24) is 5.06 Å². The zero-order chi connectivity index (χ0) is 18.5. The van der Waals surface area contributed by atoms with Crippen LogP contribution >= 0.6 is 0 Å². The van der Waals surface area contributed by atoms with Crippen molar-refractivity contribution in [3.63, 3.8) is 0 Å². The van der Waals surface area contributed by atoms with Gasteiger partial charge in [-0.25, -0.2) is 5.06 Å². The Balaban J connectivity index is 1.69. The Hall–Kier alpha value is -2.38. The zero-order valence-corrected chi connectivity index (χ0v) is 15.3. The fourth-order valence-corrected chi connectivity index (χ4v) is 4.19.